The highest BCUT2D eigenvalue weighted by Crippen LogP contribution is 2.29. The number of rotatable bonds is 7. The van der Waals surface area contributed by atoms with Crippen molar-refractivity contribution in [2.24, 2.45) is 5.10 Å². The predicted octanol–water partition coefficient (Wildman–Crippen LogP) is 3.49. The molecule has 0 aliphatic rings. The average molecular weight is 410 g/mol. The second kappa shape index (κ2) is 9.80. The molecule has 0 aliphatic carbocycles. The number of amides is 2. The van der Waals surface area contributed by atoms with E-state index in [1.165, 1.54) is 20.4 Å². The maximum absolute atomic E-state index is 11.9. The topological polar surface area (TPSA) is 89.0 Å². The van der Waals surface area contributed by atoms with Crippen molar-refractivity contribution in [1.82, 2.24) is 5.43 Å². The van der Waals surface area contributed by atoms with Crippen LogP contribution in [-0.4, -0.2) is 32.2 Å². The number of benzene rings is 2. The number of methoxy groups -OCH3 is 2. The smallest absolute Gasteiger partial charge is 0.249 e. The molecule has 2 rings (SSSR count). The van der Waals surface area contributed by atoms with Crippen LogP contribution in [0.2, 0.25) is 10.0 Å². The van der Waals surface area contributed by atoms with E-state index >= 15 is 0 Å². The van der Waals surface area contributed by atoms with Gasteiger partial charge in [-0.15, -0.1) is 0 Å². The third kappa shape index (κ3) is 5.87. The molecule has 2 N–H and O–H groups in total. The molecule has 0 saturated heterocycles. The Hall–Kier alpha value is -2.77. The minimum atomic E-state index is -0.581. The van der Waals surface area contributed by atoms with Crippen LogP contribution in [0.4, 0.5) is 5.69 Å². The third-order valence-electron chi connectivity index (χ3n) is 3.36. The zero-order valence-corrected chi connectivity index (χ0v) is 16.1. The Balaban J connectivity index is 1.89. The number of nitrogens with zero attached hydrogens (tertiary/aromatic N) is 1. The number of ether oxygens (including phenoxy) is 2. The first-order chi connectivity index (χ1) is 12.9. The Morgan fingerprint density at radius 3 is 2.52 bits per heavy atom. The summed E-state index contributed by atoms with van der Waals surface area (Å²) in [6, 6.07) is 9.96. The lowest BCUT2D eigenvalue weighted by atomic mass is 10.2. The highest BCUT2D eigenvalue weighted by atomic mass is 35.5. The van der Waals surface area contributed by atoms with Crippen molar-refractivity contribution < 1.29 is 19.1 Å². The Bertz CT molecular complexity index is 872. The maximum atomic E-state index is 11.9. The summed E-state index contributed by atoms with van der Waals surface area (Å²) in [4.78, 5) is 23.7. The quantitative estimate of drug-likeness (QED) is 0.416. The molecule has 2 aromatic carbocycles. The van der Waals surface area contributed by atoms with E-state index in [4.69, 9.17) is 32.7 Å². The number of anilines is 1. The molecule has 0 heterocycles. The third-order valence-corrected chi connectivity index (χ3v) is 4.18. The van der Waals surface area contributed by atoms with Crippen molar-refractivity contribution in [3.05, 3.63) is 52.0 Å². The molecule has 2 amide bonds. The molecule has 27 heavy (non-hydrogen) atoms. The molecule has 0 aromatic heterocycles. The molecule has 0 aliphatic heterocycles. The summed E-state index contributed by atoms with van der Waals surface area (Å²) < 4.78 is 10.3. The van der Waals surface area contributed by atoms with Crippen molar-refractivity contribution in [1.29, 1.82) is 0 Å². The average Bonchev–Trinajstić information content (AvgIpc) is 2.65. The fourth-order valence-electron chi connectivity index (χ4n) is 2.09. The van der Waals surface area contributed by atoms with Gasteiger partial charge >= 0.3 is 0 Å². The van der Waals surface area contributed by atoms with E-state index in [1.54, 1.807) is 36.4 Å². The van der Waals surface area contributed by atoms with Crippen LogP contribution in [0, 0.1) is 0 Å². The van der Waals surface area contributed by atoms with E-state index in [2.05, 4.69) is 15.8 Å². The Morgan fingerprint density at radius 1 is 1.07 bits per heavy atom. The van der Waals surface area contributed by atoms with Gasteiger partial charge in [-0.2, -0.15) is 5.10 Å². The summed E-state index contributed by atoms with van der Waals surface area (Å²) in [5.74, 6) is -0.0130. The van der Waals surface area contributed by atoms with Crippen molar-refractivity contribution in [3.63, 3.8) is 0 Å². The molecule has 0 bridgehead atoms. The summed E-state index contributed by atoms with van der Waals surface area (Å²) in [6.45, 7) is 0. The Kier molecular flexibility index (Phi) is 7.45. The summed E-state index contributed by atoms with van der Waals surface area (Å²) in [6.07, 6.45) is 0.998. The highest BCUT2D eigenvalue weighted by Gasteiger charge is 2.12. The number of hydrogen-bond acceptors (Lipinski definition) is 5. The van der Waals surface area contributed by atoms with Crippen LogP contribution in [0.5, 0.6) is 11.5 Å². The van der Waals surface area contributed by atoms with Gasteiger partial charge in [0.2, 0.25) is 11.8 Å². The van der Waals surface area contributed by atoms with Gasteiger partial charge in [0.15, 0.2) is 11.5 Å². The van der Waals surface area contributed by atoms with E-state index < -0.39 is 18.2 Å². The zero-order valence-electron chi connectivity index (χ0n) is 14.6. The molecule has 0 spiro atoms. The van der Waals surface area contributed by atoms with Crippen molar-refractivity contribution in [3.8, 4) is 11.5 Å². The fraction of sp³-hybridized carbons (Fsp3) is 0.167. The SMILES string of the molecule is COc1ccc(C=NNC(=O)CC(=O)Nc2cccc(Cl)c2Cl)cc1OC. The molecule has 0 fully saturated rings. The molecule has 2 aromatic rings. The number of carbonyl (C=O) groups excluding carboxylic acids is 2. The lowest BCUT2D eigenvalue weighted by molar-refractivity contribution is -0.126. The van der Waals surface area contributed by atoms with Gasteiger partial charge in [-0.05, 0) is 35.9 Å². The lowest BCUT2D eigenvalue weighted by Crippen LogP contribution is -2.24. The fourth-order valence-corrected chi connectivity index (χ4v) is 2.44. The van der Waals surface area contributed by atoms with Crippen LogP contribution < -0.4 is 20.2 Å². The van der Waals surface area contributed by atoms with E-state index in [1.807, 2.05) is 0 Å². The standard InChI is InChI=1S/C18H17Cl2N3O4/c1-26-14-7-6-11(8-15(14)27-2)10-21-23-17(25)9-16(24)22-13-5-3-4-12(19)18(13)20/h3-8,10H,9H2,1-2H3,(H,22,24)(H,23,25). The van der Waals surface area contributed by atoms with Crippen LogP contribution in [0.15, 0.2) is 41.5 Å². The van der Waals surface area contributed by atoms with E-state index in [0.29, 0.717) is 27.8 Å². The van der Waals surface area contributed by atoms with Gasteiger partial charge in [-0.25, -0.2) is 5.43 Å². The van der Waals surface area contributed by atoms with Crippen LogP contribution >= 0.6 is 23.2 Å². The molecular weight excluding hydrogens is 393 g/mol. The second-order valence-electron chi connectivity index (χ2n) is 5.23. The van der Waals surface area contributed by atoms with Gasteiger partial charge in [0, 0.05) is 0 Å². The van der Waals surface area contributed by atoms with Crippen molar-refractivity contribution in [2.75, 3.05) is 19.5 Å². The minimum Gasteiger partial charge on any atom is -0.493 e. The van der Waals surface area contributed by atoms with Gasteiger partial charge in [-0.3, -0.25) is 9.59 Å². The lowest BCUT2D eigenvalue weighted by Gasteiger charge is -2.08. The monoisotopic (exact) mass is 409 g/mol. The summed E-state index contributed by atoms with van der Waals surface area (Å²) in [5.41, 5.74) is 3.29. The van der Waals surface area contributed by atoms with Crippen LogP contribution in [0.3, 0.4) is 0 Å². The van der Waals surface area contributed by atoms with Crippen molar-refractivity contribution in [2.45, 2.75) is 6.42 Å². The van der Waals surface area contributed by atoms with Crippen LogP contribution in [-0.2, 0) is 9.59 Å². The highest BCUT2D eigenvalue weighted by molar-refractivity contribution is 6.44. The minimum absolute atomic E-state index is 0.208. The number of halogens is 2. The number of hydrazone groups is 1. The molecule has 0 unspecified atom stereocenters. The molecule has 7 nitrogen and oxygen atoms in total. The molecule has 0 atom stereocenters. The first-order valence-corrected chi connectivity index (χ1v) is 8.48. The van der Waals surface area contributed by atoms with Gasteiger partial charge in [0.25, 0.3) is 0 Å². The second-order valence-corrected chi connectivity index (χ2v) is 6.02. The van der Waals surface area contributed by atoms with Gasteiger partial charge in [-0.1, -0.05) is 29.3 Å². The van der Waals surface area contributed by atoms with E-state index in [0.717, 1.165) is 0 Å². The summed E-state index contributed by atoms with van der Waals surface area (Å²) in [5, 5.41) is 6.85. The van der Waals surface area contributed by atoms with Gasteiger partial charge in [0.05, 0.1) is 36.2 Å². The van der Waals surface area contributed by atoms with Gasteiger partial charge in [0.1, 0.15) is 6.42 Å². The molecule has 0 saturated carbocycles. The summed E-state index contributed by atoms with van der Waals surface area (Å²) >= 11 is 11.9. The number of hydrogen-bond donors (Lipinski definition) is 2. The normalized spacial score (nSPS) is 10.5. The largest absolute Gasteiger partial charge is 0.493 e. The molecule has 142 valence electrons. The predicted molar refractivity (Wildman–Crippen MR) is 105 cm³/mol. The Labute approximate surface area is 166 Å². The summed E-state index contributed by atoms with van der Waals surface area (Å²) in [7, 11) is 3.05. The number of nitrogens with one attached hydrogen (secondary N) is 2. The first kappa shape index (κ1) is 20.5. The van der Waals surface area contributed by atoms with Gasteiger partial charge < -0.3 is 14.8 Å². The number of carbonyl (C=O) groups is 2. The zero-order chi connectivity index (χ0) is 19.8. The van der Waals surface area contributed by atoms with E-state index in [9.17, 15) is 9.59 Å². The maximum Gasteiger partial charge on any atom is 0.249 e. The molecular formula is C18H17Cl2N3O4. The van der Waals surface area contributed by atoms with Crippen LogP contribution in [0.25, 0.3) is 0 Å². The van der Waals surface area contributed by atoms with E-state index in [-0.39, 0.29) is 5.02 Å². The van der Waals surface area contributed by atoms with Crippen molar-refractivity contribution >= 4 is 46.9 Å². The first-order valence-electron chi connectivity index (χ1n) is 7.72. The Morgan fingerprint density at radius 2 is 1.81 bits per heavy atom. The molecule has 0 radical (unpaired) electrons. The molecule has 9 heteroatoms. The van der Waals surface area contributed by atoms with Crippen LogP contribution in [0.1, 0.15) is 12.0 Å².